The van der Waals surface area contributed by atoms with Crippen LogP contribution < -0.4 is 5.32 Å². The van der Waals surface area contributed by atoms with Crippen molar-refractivity contribution in [1.82, 2.24) is 10.2 Å². The van der Waals surface area contributed by atoms with Gasteiger partial charge in [0.05, 0.1) is 0 Å². The highest BCUT2D eigenvalue weighted by Crippen LogP contribution is 2.59. The fraction of sp³-hybridized carbons (Fsp3) is 0.611. The molecule has 2 aliphatic rings. The standard InChI is InChI=1S/C18H26N2O/c1-13-4-5-15(14(2)10-13)12-20(3)17(21)16-11-18(16)6-8-19-9-7-18/h4-5,10,16,19H,6-9,11-12H2,1-3H3. The maximum Gasteiger partial charge on any atom is 0.226 e. The summed E-state index contributed by atoms with van der Waals surface area (Å²) in [6, 6.07) is 6.48. The van der Waals surface area contributed by atoms with Gasteiger partial charge in [0.15, 0.2) is 0 Å². The Balaban J connectivity index is 1.63. The van der Waals surface area contributed by atoms with E-state index in [4.69, 9.17) is 0 Å². The van der Waals surface area contributed by atoms with Crippen molar-refractivity contribution >= 4 is 5.91 Å². The van der Waals surface area contributed by atoms with E-state index in [0.717, 1.165) is 26.1 Å². The zero-order valence-corrected chi connectivity index (χ0v) is 13.4. The van der Waals surface area contributed by atoms with Crippen LogP contribution in [-0.4, -0.2) is 30.9 Å². The van der Waals surface area contributed by atoms with E-state index in [2.05, 4.69) is 37.4 Å². The Labute approximate surface area is 127 Å². The first-order valence-corrected chi connectivity index (χ1v) is 8.04. The molecule has 3 rings (SSSR count). The Morgan fingerprint density at radius 1 is 1.33 bits per heavy atom. The Bertz CT molecular complexity index is 546. The second-order valence-electron chi connectivity index (χ2n) is 6.99. The molecule has 21 heavy (non-hydrogen) atoms. The number of hydrogen-bond donors (Lipinski definition) is 1. The summed E-state index contributed by atoms with van der Waals surface area (Å²) in [6.07, 6.45) is 3.44. The van der Waals surface area contributed by atoms with Crippen molar-refractivity contribution < 1.29 is 4.79 Å². The number of piperidine rings is 1. The number of hydrogen-bond acceptors (Lipinski definition) is 2. The molecule has 1 atom stereocenters. The predicted molar refractivity (Wildman–Crippen MR) is 85.0 cm³/mol. The lowest BCUT2D eigenvalue weighted by Gasteiger charge is -2.25. The van der Waals surface area contributed by atoms with Gasteiger partial charge in [-0.15, -0.1) is 0 Å². The summed E-state index contributed by atoms with van der Waals surface area (Å²) >= 11 is 0. The van der Waals surface area contributed by atoms with Crippen LogP contribution in [0.15, 0.2) is 18.2 Å². The zero-order valence-electron chi connectivity index (χ0n) is 13.4. The lowest BCUT2D eigenvalue weighted by Crippen LogP contribution is -2.34. The maximum atomic E-state index is 12.7. The van der Waals surface area contributed by atoms with Crippen LogP contribution in [0.2, 0.25) is 0 Å². The zero-order chi connectivity index (χ0) is 15.0. The Kier molecular flexibility index (Phi) is 3.78. The molecule has 1 aliphatic carbocycles. The van der Waals surface area contributed by atoms with Crippen LogP contribution in [0.3, 0.4) is 0 Å². The molecule has 1 aromatic rings. The van der Waals surface area contributed by atoms with Gasteiger partial charge in [-0.2, -0.15) is 0 Å². The van der Waals surface area contributed by atoms with E-state index >= 15 is 0 Å². The molecule has 1 N–H and O–H groups in total. The summed E-state index contributed by atoms with van der Waals surface area (Å²) in [4.78, 5) is 14.6. The lowest BCUT2D eigenvalue weighted by molar-refractivity contribution is -0.132. The summed E-state index contributed by atoms with van der Waals surface area (Å²) in [7, 11) is 1.95. The first-order chi connectivity index (χ1) is 10.0. The van der Waals surface area contributed by atoms with Crippen LogP contribution in [0, 0.1) is 25.2 Å². The van der Waals surface area contributed by atoms with Crippen LogP contribution in [0.5, 0.6) is 0 Å². The van der Waals surface area contributed by atoms with Crippen molar-refractivity contribution in [2.45, 2.75) is 39.7 Å². The number of nitrogens with zero attached hydrogens (tertiary/aromatic N) is 1. The molecule has 1 saturated heterocycles. The van der Waals surface area contributed by atoms with Gasteiger partial charge >= 0.3 is 0 Å². The first kappa shape index (κ1) is 14.6. The van der Waals surface area contributed by atoms with Gasteiger partial charge in [-0.1, -0.05) is 23.8 Å². The molecule has 1 aliphatic heterocycles. The molecule has 0 aromatic heterocycles. The minimum absolute atomic E-state index is 0.273. The van der Waals surface area contributed by atoms with Gasteiger partial charge in [0.25, 0.3) is 0 Å². The molecular weight excluding hydrogens is 260 g/mol. The van der Waals surface area contributed by atoms with E-state index in [9.17, 15) is 4.79 Å². The number of amides is 1. The van der Waals surface area contributed by atoms with Crippen molar-refractivity contribution in [2.24, 2.45) is 11.3 Å². The quantitative estimate of drug-likeness (QED) is 0.926. The van der Waals surface area contributed by atoms with Gasteiger partial charge in [-0.25, -0.2) is 0 Å². The van der Waals surface area contributed by atoms with Crippen LogP contribution >= 0.6 is 0 Å². The van der Waals surface area contributed by atoms with Crippen LogP contribution in [0.4, 0.5) is 0 Å². The smallest absolute Gasteiger partial charge is 0.226 e. The number of benzene rings is 1. The molecule has 1 spiro atoms. The minimum Gasteiger partial charge on any atom is -0.341 e. The average Bonchev–Trinajstić information content (AvgIpc) is 3.15. The molecule has 1 heterocycles. The van der Waals surface area contributed by atoms with E-state index in [0.29, 0.717) is 11.3 Å². The van der Waals surface area contributed by atoms with E-state index in [1.807, 2.05) is 11.9 Å². The third-order valence-electron chi connectivity index (χ3n) is 5.37. The van der Waals surface area contributed by atoms with Crippen molar-refractivity contribution in [3.63, 3.8) is 0 Å². The number of aryl methyl sites for hydroxylation is 2. The molecule has 0 bridgehead atoms. The Morgan fingerprint density at radius 3 is 2.71 bits per heavy atom. The van der Waals surface area contributed by atoms with Gasteiger partial charge < -0.3 is 10.2 Å². The second-order valence-corrected chi connectivity index (χ2v) is 6.99. The lowest BCUT2D eigenvalue weighted by atomic mass is 9.91. The molecule has 1 saturated carbocycles. The highest BCUT2D eigenvalue weighted by atomic mass is 16.2. The number of rotatable bonds is 3. The van der Waals surface area contributed by atoms with Crippen molar-refractivity contribution in [2.75, 3.05) is 20.1 Å². The van der Waals surface area contributed by atoms with Crippen LogP contribution in [-0.2, 0) is 11.3 Å². The molecule has 3 heteroatoms. The molecule has 0 radical (unpaired) electrons. The average molecular weight is 286 g/mol. The predicted octanol–water partition coefficient (Wildman–Crippen LogP) is 2.65. The third-order valence-corrected chi connectivity index (χ3v) is 5.37. The van der Waals surface area contributed by atoms with Gasteiger partial charge in [-0.05, 0) is 62.7 Å². The summed E-state index contributed by atoms with van der Waals surface area (Å²) < 4.78 is 0. The molecule has 1 unspecified atom stereocenters. The fourth-order valence-corrected chi connectivity index (χ4v) is 3.80. The fourth-order valence-electron chi connectivity index (χ4n) is 3.80. The second kappa shape index (κ2) is 5.45. The van der Waals surface area contributed by atoms with Crippen molar-refractivity contribution in [3.05, 3.63) is 34.9 Å². The summed E-state index contributed by atoms with van der Waals surface area (Å²) in [5, 5.41) is 3.40. The summed E-state index contributed by atoms with van der Waals surface area (Å²) in [5.74, 6) is 0.618. The van der Waals surface area contributed by atoms with Gasteiger partial charge in [0.2, 0.25) is 5.91 Å². The Morgan fingerprint density at radius 2 is 2.05 bits per heavy atom. The van der Waals surface area contributed by atoms with Crippen LogP contribution in [0.25, 0.3) is 0 Å². The molecule has 2 fully saturated rings. The molecule has 3 nitrogen and oxygen atoms in total. The third kappa shape index (κ3) is 2.84. The van der Waals surface area contributed by atoms with E-state index in [1.54, 1.807) is 0 Å². The Hall–Kier alpha value is -1.35. The SMILES string of the molecule is Cc1ccc(CN(C)C(=O)C2CC23CCNCC3)c(C)c1. The van der Waals surface area contributed by atoms with Crippen molar-refractivity contribution in [1.29, 1.82) is 0 Å². The number of carbonyl (C=O) groups excluding carboxylic acids is 1. The van der Waals surface area contributed by atoms with Crippen molar-refractivity contribution in [3.8, 4) is 0 Å². The number of carbonyl (C=O) groups is 1. The van der Waals surface area contributed by atoms with Gasteiger partial charge in [0.1, 0.15) is 0 Å². The summed E-state index contributed by atoms with van der Waals surface area (Å²) in [6.45, 7) is 7.12. The maximum absolute atomic E-state index is 12.7. The minimum atomic E-state index is 0.273. The topological polar surface area (TPSA) is 32.3 Å². The number of nitrogens with one attached hydrogen (secondary N) is 1. The molecule has 1 aromatic carbocycles. The van der Waals surface area contributed by atoms with E-state index in [1.165, 1.54) is 29.5 Å². The van der Waals surface area contributed by atoms with E-state index < -0.39 is 0 Å². The highest BCUT2D eigenvalue weighted by Gasteiger charge is 2.58. The van der Waals surface area contributed by atoms with Crippen LogP contribution in [0.1, 0.15) is 36.0 Å². The summed E-state index contributed by atoms with van der Waals surface area (Å²) in [5.41, 5.74) is 4.15. The molecule has 1 amide bonds. The first-order valence-electron chi connectivity index (χ1n) is 8.04. The monoisotopic (exact) mass is 286 g/mol. The normalized spacial score (nSPS) is 23.1. The van der Waals surface area contributed by atoms with E-state index in [-0.39, 0.29) is 5.92 Å². The molecule has 114 valence electrons. The highest BCUT2D eigenvalue weighted by molar-refractivity contribution is 5.82. The molecular formula is C18H26N2O. The van der Waals surface area contributed by atoms with Gasteiger partial charge in [0, 0.05) is 19.5 Å². The largest absolute Gasteiger partial charge is 0.341 e. The van der Waals surface area contributed by atoms with Gasteiger partial charge in [-0.3, -0.25) is 4.79 Å².